The first-order valence-corrected chi connectivity index (χ1v) is 5.28. The summed E-state index contributed by atoms with van der Waals surface area (Å²) >= 11 is 0. The SMILES string of the molecule is O=C(Nc1ccc(S(=O)(=O)F)nc1)C(F)(F)F. The largest absolute Gasteiger partial charge is 0.471 e. The molecule has 0 aromatic carbocycles. The van der Waals surface area contributed by atoms with Crippen LogP contribution in [0.5, 0.6) is 0 Å². The lowest BCUT2D eigenvalue weighted by Gasteiger charge is -2.07. The minimum absolute atomic E-state index is 0.403. The number of alkyl halides is 3. The molecule has 1 aromatic rings. The lowest BCUT2D eigenvalue weighted by Crippen LogP contribution is -2.29. The zero-order valence-corrected chi connectivity index (χ0v) is 8.64. The van der Waals surface area contributed by atoms with Gasteiger partial charge in [0.1, 0.15) is 0 Å². The Balaban J connectivity index is 2.87. The number of amides is 1. The third kappa shape index (κ3) is 3.66. The summed E-state index contributed by atoms with van der Waals surface area (Å²) in [6.07, 6.45) is -4.49. The number of pyridine rings is 1. The fraction of sp³-hybridized carbons (Fsp3) is 0.143. The monoisotopic (exact) mass is 272 g/mol. The standard InChI is InChI=1S/C7H4F4N2O3S/c8-7(9,10)6(14)13-4-1-2-5(12-3-4)17(11,15)16/h1-3H,(H,13,14). The molecule has 0 spiro atoms. The summed E-state index contributed by atoms with van der Waals surface area (Å²) in [6, 6.07) is 1.41. The molecule has 0 atom stereocenters. The van der Waals surface area contributed by atoms with Crippen LogP contribution in [0.15, 0.2) is 23.4 Å². The fourth-order valence-electron chi connectivity index (χ4n) is 0.800. The van der Waals surface area contributed by atoms with Gasteiger partial charge in [0.15, 0.2) is 5.03 Å². The molecule has 1 amide bonds. The summed E-state index contributed by atoms with van der Waals surface area (Å²) in [5.41, 5.74) is -0.403. The molecule has 1 N–H and O–H groups in total. The molecule has 0 saturated heterocycles. The highest BCUT2D eigenvalue weighted by molar-refractivity contribution is 7.86. The summed E-state index contributed by atoms with van der Waals surface area (Å²) in [6.45, 7) is 0. The first-order valence-electron chi connectivity index (χ1n) is 3.89. The molecule has 94 valence electrons. The summed E-state index contributed by atoms with van der Waals surface area (Å²) in [4.78, 5) is 13.5. The number of aromatic nitrogens is 1. The minimum atomic E-state index is -5.08. The predicted octanol–water partition coefficient (Wildman–Crippen LogP) is 1.24. The van der Waals surface area contributed by atoms with Gasteiger partial charge in [-0.1, -0.05) is 3.89 Å². The molecule has 17 heavy (non-hydrogen) atoms. The maximum absolute atomic E-state index is 12.3. The highest BCUT2D eigenvalue weighted by Gasteiger charge is 2.38. The van der Waals surface area contributed by atoms with Gasteiger partial charge in [-0.3, -0.25) is 4.79 Å². The van der Waals surface area contributed by atoms with E-state index in [9.17, 15) is 30.3 Å². The summed E-state index contributed by atoms with van der Waals surface area (Å²) in [5.74, 6) is -2.24. The van der Waals surface area contributed by atoms with Gasteiger partial charge < -0.3 is 5.32 Å². The lowest BCUT2D eigenvalue weighted by molar-refractivity contribution is -0.167. The first-order chi connectivity index (χ1) is 7.60. The van der Waals surface area contributed by atoms with E-state index in [0.29, 0.717) is 12.3 Å². The normalized spacial score (nSPS) is 12.2. The predicted molar refractivity (Wildman–Crippen MR) is 47.2 cm³/mol. The van der Waals surface area contributed by atoms with E-state index in [1.54, 1.807) is 0 Å². The van der Waals surface area contributed by atoms with Crippen molar-refractivity contribution >= 4 is 21.8 Å². The molecule has 0 unspecified atom stereocenters. The first kappa shape index (κ1) is 13.4. The van der Waals surface area contributed by atoms with Crippen molar-refractivity contribution in [3.8, 4) is 0 Å². The van der Waals surface area contributed by atoms with Crippen LogP contribution in [0.25, 0.3) is 0 Å². The van der Waals surface area contributed by atoms with Crippen LogP contribution >= 0.6 is 0 Å². The average molecular weight is 272 g/mol. The number of carbonyl (C=O) groups excluding carboxylic acids is 1. The van der Waals surface area contributed by atoms with Gasteiger partial charge in [-0.15, -0.1) is 0 Å². The van der Waals surface area contributed by atoms with Crippen molar-refractivity contribution in [1.29, 1.82) is 0 Å². The second-order valence-electron chi connectivity index (χ2n) is 2.77. The third-order valence-electron chi connectivity index (χ3n) is 1.50. The summed E-state index contributed by atoms with van der Waals surface area (Å²) in [7, 11) is -5.02. The van der Waals surface area contributed by atoms with Crippen LogP contribution in [0.4, 0.5) is 22.7 Å². The second kappa shape index (κ2) is 4.28. The zero-order chi connectivity index (χ0) is 13.3. The number of hydrogen-bond donors (Lipinski definition) is 1. The van der Waals surface area contributed by atoms with Gasteiger partial charge in [0.05, 0.1) is 11.9 Å². The van der Waals surface area contributed by atoms with Gasteiger partial charge in [0.25, 0.3) is 0 Å². The Morgan fingerprint density at radius 1 is 1.29 bits per heavy atom. The van der Waals surface area contributed by atoms with Gasteiger partial charge in [-0.25, -0.2) is 4.98 Å². The molecule has 1 rings (SSSR count). The van der Waals surface area contributed by atoms with Crippen LogP contribution in [0, 0.1) is 0 Å². The van der Waals surface area contributed by atoms with Gasteiger partial charge in [0, 0.05) is 0 Å². The maximum Gasteiger partial charge on any atom is 0.471 e. The van der Waals surface area contributed by atoms with Gasteiger partial charge in [0.2, 0.25) is 0 Å². The Morgan fingerprint density at radius 2 is 1.88 bits per heavy atom. The highest BCUT2D eigenvalue weighted by atomic mass is 32.3. The van der Waals surface area contributed by atoms with E-state index < -0.39 is 33.0 Å². The molecule has 10 heteroatoms. The Bertz CT molecular complexity index is 523. The molecule has 0 aliphatic rings. The van der Waals surface area contributed by atoms with E-state index in [1.165, 1.54) is 5.32 Å². The van der Waals surface area contributed by atoms with E-state index in [-0.39, 0.29) is 0 Å². The van der Waals surface area contributed by atoms with Crippen molar-refractivity contribution in [3.05, 3.63) is 18.3 Å². The molecule has 0 aliphatic carbocycles. The number of hydrogen-bond acceptors (Lipinski definition) is 4. The van der Waals surface area contributed by atoms with Crippen molar-refractivity contribution in [2.45, 2.75) is 11.2 Å². The topological polar surface area (TPSA) is 76.1 Å². The second-order valence-corrected chi connectivity index (χ2v) is 4.07. The number of rotatable bonds is 2. The molecular weight excluding hydrogens is 268 g/mol. The van der Waals surface area contributed by atoms with Gasteiger partial charge in [-0.05, 0) is 12.1 Å². The Morgan fingerprint density at radius 3 is 2.24 bits per heavy atom. The quantitative estimate of drug-likeness (QED) is 0.649. The molecular formula is C7H4F4N2O3S. The zero-order valence-electron chi connectivity index (χ0n) is 7.82. The minimum Gasteiger partial charge on any atom is -0.317 e. The molecule has 5 nitrogen and oxygen atoms in total. The molecule has 0 saturated carbocycles. The molecule has 0 radical (unpaired) electrons. The van der Waals surface area contributed by atoms with Crippen molar-refractivity contribution in [2.24, 2.45) is 0 Å². The molecule has 0 fully saturated rings. The highest BCUT2D eigenvalue weighted by Crippen LogP contribution is 2.18. The van der Waals surface area contributed by atoms with E-state index in [2.05, 4.69) is 4.98 Å². The van der Waals surface area contributed by atoms with Gasteiger partial charge in [-0.2, -0.15) is 21.6 Å². The number of nitrogens with one attached hydrogen (secondary N) is 1. The maximum atomic E-state index is 12.3. The van der Waals surface area contributed by atoms with Crippen LogP contribution in [-0.2, 0) is 15.0 Å². The van der Waals surface area contributed by atoms with Crippen LogP contribution in [-0.4, -0.2) is 25.5 Å². The number of nitrogens with zero attached hydrogens (tertiary/aromatic N) is 1. The molecule has 0 aliphatic heterocycles. The smallest absolute Gasteiger partial charge is 0.317 e. The van der Waals surface area contributed by atoms with Crippen molar-refractivity contribution in [3.63, 3.8) is 0 Å². The Hall–Kier alpha value is -1.71. The van der Waals surface area contributed by atoms with Crippen molar-refractivity contribution in [2.75, 3.05) is 5.32 Å². The van der Waals surface area contributed by atoms with Crippen molar-refractivity contribution < 1.29 is 30.3 Å². The average Bonchev–Trinajstić information content (AvgIpc) is 2.15. The van der Waals surface area contributed by atoms with E-state index in [4.69, 9.17) is 0 Å². The summed E-state index contributed by atoms with van der Waals surface area (Å²) < 4.78 is 68.5. The fourth-order valence-corrected chi connectivity index (χ4v) is 1.21. The van der Waals surface area contributed by atoms with E-state index in [1.807, 2.05) is 0 Å². The Labute approximate surface area is 92.7 Å². The molecule has 1 heterocycles. The van der Waals surface area contributed by atoms with Gasteiger partial charge >= 0.3 is 22.3 Å². The third-order valence-corrected chi connectivity index (χ3v) is 2.24. The number of carbonyl (C=O) groups is 1. The molecule has 0 bridgehead atoms. The number of anilines is 1. The molecule has 1 aromatic heterocycles. The van der Waals surface area contributed by atoms with Crippen LogP contribution < -0.4 is 5.32 Å². The summed E-state index contributed by atoms with van der Waals surface area (Å²) in [5, 5.41) is 0.461. The lowest BCUT2D eigenvalue weighted by atomic mass is 10.4. The van der Waals surface area contributed by atoms with E-state index >= 15 is 0 Å². The van der Waals surface area contributed by atoms with E-state index in [0.717, 1.165) is 6.07 Å². The van der Waals surface area contributed by atoms with Crippen molar-refractivity contribution in [1.82, 2.24) is 4.98 Å². The Kier molecular flexibility index (Phi) is 3.36. The van der Waals surface area contributed by atoms with Crippen LogP contribution in [0.3, 0.4) is 0 Å². The number of halogens is 4. The van der Waals surface area contributed by atoms with Crippen LogP contribution in [0.1, 0.15) is 0 Å². The van der Waals surface area contributed by atoms with Crippen LogP contribution in [0.2, 0.25) is 0 Å².